The first kappa shape index (κ1) is 32.2. The van der Waals surface area contributed by atoms with Crippen molar-refractivity contribution in [2.75, 3.05) is 40.5 Å². The van der Waals surface area contributed by atoms with E-state index in [9.17, 15) is 9.90 Å². The third-order valence-electron chi connectivity index (χ3n) is 8.47. The maximum Gasteiger partial charge on any atom is 0.319 e. The van der Waals surface area contributed by atoms with Gasteiger partial charge in [-0.1, -0.05) is 65.7 Å². The van der Waals surface area contributed by atoms with Gasteiger partial charge in [-0.05, 0) is 42.5 Å². The number of likely N-dealkylation sites (tertiary alicyclic amines) is 1. The molecular weight excluding hydrogens is 627 g/mol. The van der Waals surface area contributed by atoms with Gasteiger partial charge in [-0.3, -0.25) is 14.7 Å². The van der Waals surface area contributed by atoms with Gasteiger partial charge in [0.15, 0.2) is 0 Å². The van der Waals surface area contributed by atoms with E-state index in [-0.39, 0.29) is 24.7 Å². The van der Waals surface area contributed by atoms with Crippen LogP contribution in [0.25, 0.3) is 33.5 Å². The Hall–Kier alpha value is -3.73. The lowest BCUT2D eigenvalue weighted by Crippen LogP contribution is -2.50. The number of benzene rings is 3. The summed E-state index contributed by atoms with van der Waals surface area (Å²) in [5.74, 6) is 0.948. The summed E-state index contributed by atoms with van der Waals surface area (Å²) in [4.78, 5) is 23.3. The van der Waals surface area contributed by atoms with E-state index in [0.29, 0.717) is 59.1 Å². The van der Waals surface area contributed by atoms with Crippen molar-refractivity contribution in [3.05, 3.63) is 81.6 Å². The first-order chi connectivity index (χ1) is 22.3. The van der Waals surface area contributed by atoms with E-state index >= 15 is 0 Å². The number of halogens is 2. The summed E-state index contributed by atoms with van der Waals surface area (Å²) in [6.07, 6.45) is 2.91. The molecule has 1 fully saturated rings. The fourth-order valence-electron chi connectivity index (χ4n) is 6.21. The Kier molecular flexibility index (Phi) is 9.77. The number of nitrogens with zero attached hydrogens (tertiary/aromatic N) is 3. The highest BCUT2D eigenvalue weighted by Gasteiger charge is 2.28. The number of methoxy groups -OCH3 is 2. The fraction of sp³-hybridized carbons (Fsp3) is 0.343. The van der Waals surface area contributed by atoms with Gasteiger partial charge in [0.25, 0.3) is 0 Å². The number of carbonyl (C=O) groups excluding carboxylic acids is 1. The maximum absolute atomic E-state index is 11.9. The Labute approximate surface area is 278 Å². The molecule has 1 saturated heterocycles. The van der Waals surface area contributed by atoms with Crippen molar-refractivity contribution in [2.45, 2.75) is 38.5 Å². The Balaban J connectivity index is 1.29. The van der Waals surface area contributed by atoms with Crippen LogP contribution in [-0.2, 0) is 28.9 Å². The molecule has 1 atom stereocenters. The topological polar surface area (TPSA) is 106 Å². The summed E-state index contributed by atoms with van der Waals surface area (Å²) < 4.78 is 16.5. The third kappa shape index (κ3) is 6.56. The zero-order valence-corrected chi connectivity index (χ0v) is 27.5. The zero-order valence-electron chi connectivity index (χ0n) is 26.0. The molecule has 3 aromatic carbocycles. The molecule has 0 radical (unpaired) electrons. The SMILES string of the molecule is CCOC(=O)CNC1Cc2cc(-c3cccc(-c4cccc(-c5cnc(CN6CC(O)C6)c(OC)n5)c4Cl)c3Cl)cc(OC)c2C1. The first-order valence-corrected chi connectivity index (χ1v) is 16.0. The van der Waals surface area contributed by atoms with E-state index < -0.39 is 0 Å². The first-order valence-electron chi connectivity index (χ1n) is 15.3. The summed E-state index contributed by atoms with van der Waals surface area (Å²) >= 11 is 14.2. The van der Waals surface area contributed by atoms with Crippen molar-refractivity contribution in [3.8, 4) is 45.1 Å². The number of aliphatic hydroxyl groups is 1. The fourth-order valence-corrected chi connectivity index (χ4v) is 6.87. The molecule has 0 bridgehead atoms. The van der Waals surface area contributed by atoms with Crippen LogP contribution in [0.3, 0.4) is 0 Å². The number of carbonyl (C=O) groups is 1. The third-order valence-corrected chi connectivity index (χ3v) is 9.28. The maximum atomic E-state index is 11.9. The number of nitrogens with one attached hydrogen (secondary N) is 1. The molecule has 11 heteroatoms. The number of esters is 1. The van der Waals surface area contributed by atoms with Crippen LogP contribution < -0.4 is 14.8 Å². The molecule has 4 aromatic rings. The smallest absolute Gasteiger partial charge is 0.319 e. The number of hydrogen-bond donors (Lipinski definition) is 2. The molecule has 1 aromatic heterocycles. The molecule has 0 spiro atoms. The monoisotopic (exact) mass is 662 g/mol. The second-order valence-corrected chi connectivity index (χ2v) is 12.3. The molecule has 1 unspecified atom stereocenters. The van der Waals surface area contributed by atoms with Gasteiger partial charge in [-0.25, -0.2) is 4.98 Å². The Bertz CT molecular complexity index is 1760. The molecule has 0 amide bonds. The van der Waals surface area contributed by atoms with Crippen molar-refractivity contribution >= 4 is 29.2 Å². The Morgan fingerprint density at radius 2 is 1.70 bits per heavy atom. The summed E-state index contributed by atoms with van der Waals surface area (Å²) in [6.45, 7) is 4.08. The molecule has 1 aliphatic heterocycles. The highest BCUT2D eigenvalue weighted by atomic mass is 35.5. The largest absolute Gasteiger partial charge is 0.496 e. The molecule has 0 saturated carbocycles. The van der Waals surface area contributed by atoms with Crippen molar-refractivity contribution < 1.29 is 24.1 Å². The lowest BCUT2D eigenvalue weighted by molar-refractivity contribution is -0.142. The van der Waals surface area contributed by atoms with Gasteiger partial charge in [-0.2, -0.15) is 0 Å². The molecule has 2 N–H and O–H groups in total. The lowest BCUT2D eigenvalue weighted by Gasteiger charge is -2.35. The van der Waals surface area contributed by atoms with E-state index in [1.54, 1.807) is 27.3 Å². The minimum absolute atomic E-state index is 0.103. The molecule has 9 nitrogen and oxygen atoms in total. The Morgan fingerprint density at radius 1 is 1.00 bits per heavy atom. The van der Waals surface area contributed by atoms with Crippen molar-refractivity contribution in [1.82, 2.24) is 20.2 Å². The minimum Gasteiger partial charge on any atom is -0.496 e. The number of aliphatic hydroxyl groups excluding tert-OH is 1. The van der Waals surface area contributed by atoms with Crippen molar-refractivity contribution in [2.24, 2.45) is 0 Å². The zero-order chi connectivity index (χ0) is 32.4. The number of hydrogen-bond acceptors (Lipinski definition) is 9. The number of ether oxygens (including phenoxy) is 3. The average Bonchev–Trinajstić information content (AvgIpc) is 3.46. The van der Waals surface area contributed by atoms with E-state index in [1.807, 2.05) is 42.5 Å². The highest BCUT2D eigenvalue weighted by Crippen LogP contribution is 2.44. The van der Waals surface area contributed by atoms with Gasteiger partial charge >= 0.3 is 5.97 Å². The van der Waals surface area contributed by atoms with Gasteiger partial charge in [0.05, 0.1) is 55.4 Å². The quantitative estimate of drug-likeness (QED) is 0.199. The van der Waals surface area contributed by atoms with E-state index in [0.717, 1.165) is 52.0 Å². The van der Waals surface area contributed by atoms with Crippen LogP contribution in [0.4, 0.5) is 0 Å². The number of β-amino-alcohol motifs (C(OH)–C–C–N with tert-alkyl or cyclic N) is 1. The molecule has 240 valence electrons. The van der Waals surface area contributed by atoms with E-state index in [4.69, 9.17) is 42.4 Å². The van der Waals surface area contributed by atoms with E-state index in [1.165, 1.54) is 0 Å². The van der Waals surface area contributed by atoms with Gasteiger partial charge in [0.2, 0.25) is 5.88 Å². The highest BCUT2D eigenvalue weighted by molar-refractivity contribution is 6.39. The summed E-state index contributed by atoms with van der Waals surface area (Å²) in [5, 5.41) is 14.0. The number of aromatic nitrogens is 2. The van der Waals surface area contributed by atoms with Gasteiger partial charge in [-0.15, -0.1) is 0 Å². The lowest BCUT2D eigenvalue weighted by atomic mass is 9.95. The molecule has 6 rings (SSSR count). The minimum atomic E-state index is -0.298. The van der Waals surface area contributed by atoms with Crippen LogP contribution in [-0.4, -0.2) is 78.6 Å². The molecule has 2 aliphatic rings. The number of rotatable bonds is 11. The summed E-state index contributed by atoms with van der Waals surface area (Å²) in [5.41, 5.74) is 7.60. The second-order valence-electron chi connectivity index (χ2n) is 11.5. The molecule has 46 heavy (non-hydrogen) atoms. The summed E-state index contributed by atoms with van der Waals surface area (Å²) in [6, 6.07) is 15.9. The van der Waals surface area contributed by atoms with E-state index in [2.05, 4.69) is 21.3 Å². The normalized spacial score (nSPS) is 16.2. The van der Waals surface area contributed by atoms with Crippen LogP contribution in [0.2, 0.25) is 10.0 Å². The predicted molar refractivity (Wildman–Crippen MR) is 179 cm³/mol. The van der Waals surface area contributed by atoms with Crippen molar-refractivity contribution in [3.63, 3.8) is 0 Å². The van der Waals surface area contributed by atoms with Crippen LogP contribution in [0, 0.1) is 0 Å². The second kappa shape index (κ2) is 13.9. The van der Waals surface area contributed by atoms with Crippen molar-refractivity contribution in [1.29, 1.82) is 0 Å². The van der Waals surface area contributed by atoms with Crippen LogP contribution in [0.1, 0.15) is 23.7 Å². The van der Waals surface area contributed by atoms with Crippen LogP contribution in [0.15, 0.2) is 54.7 Å². The Morgan fingerprint density at radius 3 is 2.37 bits per heavy atom. The molecular formula is C35H36Cl2N4O5. The summed E-state index contributed by atoms with van der Waals surface area (Å²) in [7, 11) is 3.24. The van der Waals surface area contributed by atoms with Gasteiger partial charge < -0.3 is 24.6 Å². The van der Waals surface area contributed by atoms with Crippen LogP contribution >= 0.6 is 23.2 Å². The number of fused-ring (bicyclic) bond motifs is 1. The average molecular weight is 664 g/mol. The van der Waals surface area contributed by atoms with Gasteiger partial charge in [0, 0.05) is 47.9 Å². The standard InChI is InChI=1S/C35H36Cl2N4O5/c1-4-46-32(43)16-38-22-12-20-11-21(13-31(44-2)28(20)14-22)24-7-5-8-25(33(24)36)26-9-6-10-27(34(26)37)29-15-39-30(35(40-29)45-3)19-41-17-23(42)18-41/h5-11,13,15,22-23,38,42H,4,12,14,16-19H2,1-3H3. The molecule has 2 heterocycles. The predicted octanol–water partition coefficient (Wildman–Crippen LogP) is 5.60. The van der Waals surface area contributed by atoms with Gasteiger partial charge in [0.1, 0.15) is 11.4 Å². The molecule has 1 aliphatic carbocycles. The van der Waals surface area contributed by atoms with Crippen LogP contribution in [0.5, 0.6) is 11.6 Å².